The number of hydrogen-bond acceptors (Lipinski definition) is 7. The molecule has 1 N–H and O–H groups in total. The van der Waals surface area contributed by atoms with Gasteiger partial charge < -0.3 is 19.5 Å². The van der Waals surface area contributed by atoms with Crippen molar-refractivity contribution >= 4 is 29.3 Å². The van der Waals surface area contributed by atoms with E-state index in [0.717, 1.165) is 0 Å². The van der Waals surface area contributed by atoms with Gasteiger partial charge in [-0.3, -0.25) is 9.79 Å². The minimum absolute atomic E-state index is 0.113. The highest BCUT2D eigenvalue weighted by Crippen LogP contribution is 2.42. The summed E-state index contributed by atoms with van der Waals surface area (Å²) in [6.45, 7) is 4.87. The van der Waals surface area contributed by atoms with Gasteiger partial charge in [-0.1, -0.05) is 29.8 Å². The van der Waals surface area contributed by atoms with Crippen molar-refractivity contribution < 1.29 is 23.8 Å². The van der Waals surface area contributed by atoms with Gasteiger partial charge in [0.2, 0.25) is 0 Å². The van der Waals surface area contributed by atoms with E-state index in [2.05, 4.69) is 10.3 Å². The van der Waals surface area contributed by atoms with Gasteiger partial charge in [-0.2, -0.15) is 0 Å². The largest absolute Gasteiger partial charge is 0.468 e. The number of likely N-dealkylation sites (N-methyl/N-ethyl adjacent to an activating group) is 1. The summed E-state index contributed by atoms with van der Waals surface area (Å²) in [7, 11) is 3.13. The zero-order chi connectivity index (χ0) is 21.4. The Morgan fingerprint density at radius 1 is 1.28 bits per heavy atom. The summed E-state index contributed by atoms with van der Waals surface area (Å²) in [4.78, 5) is 30.1. The summed E-state index contributed by atoms with van der Waals surface area (Å²) < 4.78 is 16.0. The molecule has 8 heteroatoms. The zero-order valence-corrected chi connectivity index (χ0v) is 17.9. The average Bonchev–Trinajstić information content (AvgIpc) is 2.70. The number of rotatable bonds is 9. The molecule has 0 bridgehead atoms. The molecule has 29 heavy (non-hydrogen) atoms. The number of halogens is 1. The molecule has 2 rings (SSSR count). The van der Waals surface area contributed by atoms with Crippen LogP contribution < -0.4 is 5.32 Å². The second-order valence-corrected chi connectivity index (χ2v) is 6.90. The number of methoxy groups -OCH3 is 1. The molecule has 1 aliphatic heterocycles. The summed E-state index contributed by atoms with van der Waals surface area (Å²) in [5, 5.41) is 3.44. The van der Waals surface area contributed by atoms with Gasteiger partial charge in [-0.05, 0) is 32.5 Å². The van der Waals surface area contributed by atoms with Crippen molar-refractivity contribution in [3.63, 3.8) is 0 Å². The quantitative estimate of drug-likeness (QED) is 0.486. The van der Waals surface area contributed by atoms with Gasteiger partial charge in [0.25, 0.3) is 0 Å². The molecule has 158 valence electrons. The van der Waals surface area contributed by atoms with E-state index >= 15 is 0 Å². The molecule has 0 fully saturated rings. The summed E-state index contributed by atoms with van der Waals surface area (Å²) >= 11 is 6.45. The Hall–Kier alpha value is -2.22. The van der Waals surface area contributed by atoms with Crippen LogP contribution >= 0.6 is 11.6 Å². The van der Waals surface area contributed by atoms with Gasteiger partial charge >= 0.3 is 11.9 Å². The zero-order valence-electron chi connectivity index (χ0n) is 17.2. The lowest BCUT2D eigenvalue weighted by Crippen LogP contribution is -2.37. The fraction of sp³-hybridized carbons (Fsp3) is 0.476. The molecule has 0 spiro atoms. The molecule has 1 heterocycles. The molecule has 2 atom stereocenters. The smallest absolute Gasteiger partial charge is 0.336 e. The highest BCUT2D eigenvalue weighted by atomic mass is 35.5. The normalized spacial score (nSPS) is 19.0. The number of benzene rings is 1. The van der Waals surface area contributed by atoms with Crippen LogP contribution in [0.4, 0.5) is 0 Å². The highest BCUT2D eigenvalue weighted by Gasteiger charge is 2.43. The predicted octanol–water partition coefficient (Wildman–Crippen LogP) is 2.74. The Labute approximate surface area is 176 Å². The Bertz CT molecular complexity index is 806. The van der Waals surface area contributed by atoms with Gasteiger partial charge in [-0.15, -0.1) is 0 Å². The molecule has 1 aromatic carbocycles. The van der Waals surface area contributed by atoms with Gasteiger partial charge in [-0.25, -0.2) is 4.79 Å². The Kier molecular flexibility index (Phi) is 8.82. The van der Waals surface area contributed by atoms with E-state index < -0.39 is 23.8 Å². The lowest BCUT2D eigenvalue weighted by molar-refractivity contribution is -0.144. The summed E-state index contributed by atoms with van der Waals surface area (Å²) in [5.41, 5.74) is 1.86. The summed E-state index contributed by atoms with van der Waals surface area (Å²) in [5.74, 6) is -2.51. The molecular weight excluding hydrogens is 396 g/mol. The van der Waals surface area contributed by atoms with E-state index in [1.165, 1.54) is 7.11 Å². The fourth-order valence-corrected chi connectivity index (χ4v) is 3.59. The van der Waals surface area contributed by atoms with Crippen LogP contribution in [0.2, 0.25) is 5.02 Å². The molecule has 0 aromatic heterocycles. The third-order valence-electron chi connectivity index (χ3n) is 4.64. The number of esters is 2. The third kappa shape index (κ3) is 5.44. The maximum atomic E-state index is 12.9. The lowest BCUT2D eigenvalue weighted by Gasteiger charge is -2.32. The number of ether oxygens (including phenoxy) is 3. The van der Waals surface area contributed by atoms with Gasteiger partial charge in [0.15, 0.2) is 0 Å². The minimum Gasteiger partial charge on any atom is -0.468 e. The van der Waals surface area contributed by atoms with Crippen molar-refractivity contribution in [3.8, 4) is 0 Å². The van der Waals surface area contributed by atoms with Crippen molar-refractivity contribution in [2.24, 2.45) is 10.9 Å². The Balaban J connectivity index is 2.62. The summed E-state index contributed by atoms with van der Waals surface area (Å²) in [6, 6.07) is 7.11. The summed E-state index contributed by atoms with van der Waals surface area (Å²) in [6.07, 6.45) is 0. The molecule has 1 aliphatic rings. The van der Waals surface area contributed by atoms with Crippen molar-refractivity contribution in [3.05, 3.63) is 46.1 Å². The van der Waals surface area contributed by atoms with E-state index in [-0.39, 0.29) is 18.8 Å². The average molecular weight is 423 g/mol. The van der Waals surface area contributed by atoms with Crippen molar-refractivity contribution in [2.45, 2.75) is 19.8 Å². The number of nitrogens with zero attached hydrogens (tertiary/aromatic N) is 1. The second-order valence-electron chi connectivity index (χ2n) is 6.49. The van der Waals surface area contributed by atoms with Crippen LogP contribution in [0.15, 0.2) is 40.5 Å². The maximum absolute atomic E-state index is 12.9. The molecule has 0 saturated carbocycles. The molecule has 0 aliphatic carbocycles. The molecule has 1 aromatic rings. The first-order chi connectivity index (χ1) is 14.0. The van der Waals surface area contributed by atoms with E-state index in [9.17, 15) is 9.59 Å². The molecule has 0 saturated heterocycles. The van der Waals surface area contributed by atoms with Crippen LogP contribution in [0, 0.1) is 5.92 Å². The number of hydrogen-bond donors (Lipinski definition) is 1. The lowest BCUT2D eigenvalue weighted by atomic mass is 9.75. The highest BCUT2D eigenvalue weighted by molar-refractivity contribution is 6.31. The Morgan fingerprint density at radius 3 is 2.62 bits per heavy atom. The first kappa shape index (κ1) is 23.1. The van der Waals surface area contributed by atoms with Crippen LogP contribution in [0.3, 0.4) is 0 Å². The topological polar surface area (TPSA) is 86.2 Å². The number of aliphatic imine (C=N–C) groups is 1. The number of carbonyl (C=O) groups is 2. The molecular formula is C21H27ClN2O5. The van der Waals surface area contributed by atoms with Gasteiger partial charge in [0.05, 0.1) is 38.2 Å². The molecule has 0 amide bonds. The number of carbonyl (C=O) groups excluding carboxylic acids is 2. The SMILES string of the molecule is CCOC(=O)C1=C(COCCNC)N=C(C)C(C(=O)OC)C1c1ccccc1Cl. The minimum atomic E-state index is -0.791. The van der Waals surface area contributed by atoms with Crippen LogP contribution in [0.5, 0.6) is 0 Å². The maximum Gasteiger partial charge on any atom is 0.336 e. The molecule has 2 unspecified atom stereocenters. The first-order valence-electron chi connectivity index (χ1n) is 9.46. The van der Waals surface area contributed by atoms with E-state index in [1.807, 2.05) is 13.1 Å². The first-order valence-corrected chi connectivity index (χ1v) is 9.83. The van der Waals surface area contributed by atoms with Crippen molar-refractivity contribution in [1.82, 2.24) is 5.32 Å². The number of nitrogens with one attached hydrogen (secondary N) is 1. The van der Waals surface area contributed by atoms with Crippen LogP contribution in [0.1, 0.15) is 25.3 Å². The Morgan fingerprint density at radius 2 is 2.00 bits per heavy atom. The molecule has 0 radical (unpaired) electrons. The van der Waals surface area contributed by atoms with E-state index in [1.54, 1.807) is 32.0 Å². The predicted molar refractivity (Wildman–Crippen MR) is 111 cm³/mol. The van der Waals surface area contributed by atoms with Crippen LogP contribution in [0.25, 0.3) is 0 Å². The second kappa shape index (κ2) is 11.1. The monoisotopic (exact) mass is 422 g/mol. The van der Waals surface area contributed by atoms with Crippen molar-refractivity contribution in [2.75, 3.05) is 40.5 Å². The van der Waals surface area contributed by atoms with Crippen molar-refractivity contribution in [1.29, 1.82) is 0 Å². The van der Waals surface area contributed by atoms with Gasteiger partial charge in [0.1, 0.15) is 5.92 Å². The van der Waals surface area contributed by atoms with Gasteiger partial charge in [0, 0.05) is 23.2 Å². The van der Waals surface area contributed by atoms with Crippen LogP contribution in [-0.4, -0.2) is 58.2 Å². The standard InChI is InChI=1S/C21H27ClN2O5/c1-5-29-21(26)19-16(12-28-11-10-23-3)24-13(2)17(20(25)27-4)18(19)14-8-6-7-9-15(14)22/h6-9,17-18,23H,5,10-12H2,1-4H3. The van der Waals surface area contributed by atoms with E-state index in [4.69, 9.17) is 25.8 Å². The third-order valence-corrected chi connectivity index (χ3v) is 4.99. The molecule has 7 nitrogen and oxygen atoms in total. The van der Waals surface area contributed by atoms with E-state index in [0.29, 0.717) is 35.1 Å². The fourth-order valence-electron chi connectivity index (χ4n) is 3.33. The van der Waals surface area contributed by atoms with Crippen LogP contribution in [-0.2, 0) is 23.8 Å².